The van der Waals surface area contributed by atoms with E-state index in [1.165, 1.54) is 42.7 Å². The molecule has 0 atom stereocenters. The molecule has 0 aliphatic carbocycles. The SMILES string of the molecule is CCCCCCCCCC(=O)Nc1ccc2c(c1)C(=O)N(CCN1CCC(c3onc4cc(F)ccc34)CC1)C2=O. The number of rotatable bonds is 13. The number of benzene rings is 2. The van der Waals surface area contributed by atoms with Gasteiger partial charge in [0.15, 0.2) is 0 Å². The number of nitrogens with zero attached hydrogens (tertiary/aromatic N) is 3. The minimum absolute atomic E-state index is 0.0685. The standard InChI is InChI=1S/C32H39FN4O4/c1-2-3-4-5-6-7-8-9-29(38)34-24-11-13-25-27(21-24)32(40)37(31(25)39)19-18-36-16-14-22(15-17-36)30-26-12-10-23(33)20-28(26)35-41-30/h10-13,20-22H,2-9,14-19H2,1H3,(H,34,38). The molecule has 0 spiro atoms. The van der Waals surface area contributed by atoms with Crippen LogP contribution in [0.5, 0.6) is 0 Å². The molecule has 2 aliphatic rings. The minimum atomic E-state index is -0.333. The number of piperidine rings is 1. The summed E-state index contributed by atoms with van der Waals surface area (Å²) in [6.07, 6.45) is 10.2. The van der Waals surface area contributed by atoms with E-state index in [1.807, 2.05) is 0 Å². The molecule has 2 aliphatic heterocycles. The van der Waals surface area contributed by atoms with Crippen LogP contribution in [0.4, 0.5) is 10.1 Å². The molecule has 2 aromatic carbocycles. The van der Waals surface area contributed by atoms with Crippen LogP contribution in [-0.4, -0.2) is 58.9 Å². The number of hydrogen-bond acceptors (Lipinski definition) is 6. The highest BCUT2D eigenvalue weighted by molar-refractivity contribution is 6.21. The normalized spacial score (nSPS) is 16.1. The summed E-state index contributed by atoms with van der Waals surface area (Å²) in [7, 11) is 0. The summed E-state index contributed by atoms with van der Waals surface area (Å²) in [5, 5.41) is 7.75. The molecule has 1 saturated heterocycles. The molecular weight excluding hydrogens is 523 g/mol. The smallest absolute Gasteiger partial charge is 0.261 e. The highest BCUT2D eigenvalue weighted by Gasteiger charge is 2.36. The van der Waals surface area contributed by atoms with Gasteiger partial charge in [-0.25, -0.2) is 4.39 Å². The van der Waals surface area contributed by atoms with Crippen LogP contribution in [0.2, 0.25) is 0 Å². The fraction of sp³-hybridized carbons (Fsp3) is 0.500. The first-order chi connectivity index (χ1) is 19.9. The molecule has 5 rings (SSSR count). The summed E-state index contributed by atoms with van der Waals surface area (Å²) in [5.41, 5.74) is 1.80. The van der Waals surface area contributed by atoms with E-state index in [-0.39, 0.29) is 29.5 Å². The summed E-state index contributed by atoms with van der Waals surface area (Å²) >= 11 is 0. The van der Waals surface area contributed by atoms with Gasteiger partial charge in [0.2, 0.25) is 5.91 Å². The van der Waals surface area contributed by atoms with E-state index in [9.17, 15) is 18.8 Å². The summed E-state index contributed by atoms with van der Waals surface area (Å²) in [6, 6.07) is 9.48. The molecule has 218 valence electrons. The van der Waals surface area contributed by atoms with Gasteiger partial charge in [0.25, 0.3) is 11.8 Å². The Kier molecular flexibility index (Phi) is 9.44. The predicted molar refractivity (Wildman–Crippen MR) is 155 cm³/mol. The highest BCUT2D eigenvalue weighted by Crippen LogP contribution is 2.33. The largest absolute Gasteiger partial charge is 0.360 e. The van der Waals surface area contributed by atoms with E-state index < -0.39 is 0 Å². The highest BCUT2D eigenvalue weighted by atomic mass is 19.1. The van der Waals surface area contributed by atoms with Gasteiger partial charge in [-0.15, -0.1) is 0 Å². The van der Waals surface area contributed by atoms with Crippen LogP contribution < -0.4 is 5.32 Å². The van der Waals surface area contributed by atoms with Gasteiger partial charge in [0, 0.05) is 42.6 Å². The Morgan fingerprint density at radius 1 is 0.951 bits per heavy atom. The van der Waals surface area contributed by atoms with Crippen LogP contribution in [0, 0.1) is 5.82 Å². The van der Waals surface area contributed by atoms with Gasteiger partial charge < -0.3 is 14.7 Å². The number of halogens is 1. The number of fused-ring (bicyclic) bond motifs is 2. The average Bonchev–Trinajstić information content (AvgIpc) is 3.49. The second kappa shape index (κ2) is 13.4. The Morgan fingerprint density at radius 2 is 1.68 bits per heavy atom. The number of likely N-dealkylation sites (tertiary alicyclic amines) is 1. The van der Waals surface area contributed by atoms with Gasteiger partial charge in [-0.1, -0.05) is 50.6 Å². The lowest BCUT2D eigenvalue weighted by molar-refractivity contribution is -0.116. The van der Waals surface area contributed by atoms with Gasteiger partial charge in [0.1, 0.15) is 17.1 Å². The summed E-state index contributed by atoms with van der Waals surface area (Å²) < 4.78 is 19.1. The Hall–Kier alpha value is -3.59. The molecule has 0 unspecified atom stereocenters. The predicted octanol–water partition coefficient (Wildman–Crippen LogP) is 6.52. The lowest BCUT2D eigenvalue weighted by Gasteiger charge is -2.31. The first-order valence-corrected chi connectivity index (χ1v) is 15.0. The number of unbranched alkanes of at least 4 members (excludes halogenated alkanes) is 6. The van der Waals surface area contributed by atoms with Crippen molar-refractivity contribution in [3.8, 4) is 0 Å². The summed E-state index contributed by atoms with van der Waals surface area (Å²) in [5.74, 6) is -0.0171. The second-order valence-corrected chi connectivity index (χ2v) is 11.3. The van der Waals surface area contributed by atoms with Crippen LogP contribution in [0.1, 0.15) is 104 Å². The molecule has 41 heavy (non-hydrogen) atoms. The molecule has 1 aromatic heterocycles. The maximum Gasteiger partial charge on any atom is 0.261 e. The van der Waals surface area contributed by atoms with Crippen molar-refractivity contribution < 1.29 is 23.3 Å². The van der Waals surface area contributed by atoms with Crippen molar-refractivity contribution in [2.75, 3.05) is 31.5 Å². The molecular formula is C32H39FN4O4. The van der Waals surface area contributed by atoms with Gasteiger partial charge in [-0.05, 0) is 62.7 Å². The monoisotopic (exact) mass is 562 g/mol. The fourth-order valence-corrected chi connectivity index (χ4v) is 5.93. The number of carbonyl (C=O) groups excluding carboxylic acids is 3. The number of anilines is 1. The molecule has 0 radical (unpaired) electrons. The maximum absolute atomic E-state index is 13.5. The minimum Gasteiger partial charge on any atom is -0.360 e. The molecule has 9 heteroatoms. The van der Waals surface area contributed by atoms with E-state index in [0.29, 0.717) is 41.8 Å². The van der Waals surface area contributed by atoms with Crippen LogP contribution >= 0.6 is 0 Å². The number of hydrogen-bond donors (Lipinski definition) is 1. The summed E-state index contributed by atoms with van der Waals surface area (Å²) in [6.45, 7) is 4.69. The second-order valence-electron chi connectivity index (χ2n) is 11.3. The maximum atomic E-state index is 13.5. The number of nitrogens with one attached hydrogen (secondary N) is 1. The zero-order valence-electron chi connectivity index (χ0n) is 23.8. The molecule has 3 amide bonds. The van der Waals surface area contributed by atoms with Crippen LogP contribution in [0.15, 0.2) is 40.9 Å². The quantitative estimate of drug-likeness (QED) is 0.188. The fourth-order valence-electron chi connectivity index (χ4n) is 5.93. The zero-order chi connectivity index (χ0) is 28.8. The van der Waals surface area contributed by atoms with Crippen molar-refractivity contribution in [1.29, 1.82) is 0 Å². The van der Waals surface area contributed by atoms with Crippen molar-refractivity contribution in [3.63, 3.8) is 0 Å². The Labute approximate surface area is 240 Å². The van der Waals surface area contributed by atoms with Crippen molar-refractivity contribution in [2.24, 2.45) is 0 Å². The third-order valence-corrected chi connectivity index (χ3v) is 8.33. The molecule has 8 nitrogen and oxygen atoms in total. The summed E-state index contributed by atoms with van der Waals surface area (Å²) in [4.78, 5) is 42.1. The first-order valence-electron chi connectivity index (χ1n) is 15.0. The Morgan fingerprint density at radius 3 is 2.46 bits per heavy atom. The zero-order valence-corrected chi connectivity index (χ0v) is 23.8. The Balaban J connectivity index is 1.08. The molecule has 3 heterocycles. The molecule has 3 aromatic rings. The van der Waals surface area contributed by atoms with Crippen LogP contribution in [-0.2, 0) is 4.79 Å². The van der Waals surface area contributed by atoms with E-state index in [0.717, 1.165) is 56.3 Å². The van der Waals surface area contributed by atoms with Crippen molar-refractivity contribution in [1.82, 2.24) is 15.0 Å². The van der Waals surface area contributed by atoms with E-state index in [4.69, 9.17) is 4.52 Å². The molecule has 0 saturated carbocycles. The van der Waals surface area contributed by atoms with E-state index in [2.05, 4.69) is 22.3 Å². The van der Waals surface area contributed by atoms with Gasteiger partial charge in [-0.2, -0.15) is 0 Å². The molecule has 0 bridgehead atoms. The Bertz CT molecular complexity index is 1400. The van der Waals surface area contributed by atoms with Crippen molar-refractivity contribution in [2.45, 2.75) is 77.0 Å². The number of aromatic nitrogens is 1. The number of carbonyl (C=O) groups is 3. The van der Waals surface area contributed by atoms with Crippen molar-refractivity contribution >= 4 is 34.3 Å². The van der Waals surface area contributed by atoms with Crippen molar-refractivity contribution in [3.05, 3.63) is 59.1 Å². The number of imide groups is 1. The topological polar surface area (TPSA) is 95.8 Å². The lowest BCUT2D eigenvalue weighted by atomic mass is 9.92. The molecule has 1 N–H and O–H groups in total. The average molecular weight is 563 g/mol. The third-order valence-electron chi connectivity index (χ3n) is 8.33. The lowest BCUT2D eigenvalue weighted by Crippen LogP contribution is -2.41. The third kappa shape index (κ3) is 6.84. The molecule has 1 fully saturated rings. The van der Waals surface area contributed by atoms with Crippen LogP contribution in [0.25, 0.3) is 10.9 Å². The number of amides is 3. The van der Waals surface area contributed by atoms with Crippen LogP contribution in [0.3, 0.4) is 0 Å². The van der Waals surface area contributed by atoms with Gasteiger partial charge in [0.05, 0.1) is 11.1 Å². The van der Waals surface area contributed by atoms with Gasteiger partial charge in [-0.3, -0.25) is 19.3 Å². The van der Waals surface area contributed by atoms with Gasteiger partial charge >= 0.3 is 0 Å². The first kappa shape index (κ1) is 28.9. The van der Waals surface area contributed by atoms with E-state index >= 15 is 0 Å². The van der Waals surface area contributed by atoms with E-state index in [1.54, 1.807) is 24.3 Å².